The second kappa shape index (κ2) is 8.80. The molecule has 0 aliphatic heterocycles. The molecule has 4 heteroatoms. The van der Waals surface area contributed by atoms with Gasteiger partial charge < -0.3 is 15.2 Å². The fourth-order valence-electron chi connectivity index (χ4n) is 3.74. The van der Waals surface area contributed by atoms with E-state index in [1.807, 2.05) is 78.9 Å². The van der Waals surface area contributed by atoms with Crippen LogP contribution in [0.1, 0.15) is 33.1 Å². The first kappa shape index (κ1) is 19.7. The van der Waals surface area contributed by atoms with Crippen LogP contribution in [0.5, 0.6) is 5.75 Å². The SMILES string of the molecule is COCc1cccc(C(=O)N[C@@H](c2ccccc2)c2c(O)ccc3ccccc23)c1. The van der Waals surface area contributed by atoms with Crippen LogP contribution in [-0.4, -0.2) is 18.1 Å². The monoisotopic (exact) mass is 397 g/mol. The van der Waals surface area contributed by atoms with Crippen molar-refractivity contribution in [3.8, 4) is 5.75 Å². The molecular formula is C26H23NO3. The molecule has 0 saturated heterocycles. The van der Waals surface area contributed by atoms with Crippen molar-refractivity contribution in [1.82, 2.24) is 5.32 Å². The van der Waals surface area contributed by atoms with Crippen molar-refractivity contribution in [1.29, 1.82) is 0 Å². The largest absolute Gasteiger partial charge is 0.508 e. The highest BCUT2D eigenvalue weighted by atomic mass is 16.5. The van der Waals surface area contributed by atoms with E-state index < -0.39 is 6.04 Å². The maximum absolute atomic E-state index is 13.2. The summed E-state index contributed by atoms with van der Waals surface area (Å²) in [5, 5.41) is 15.8. The molecule has 0 aliphatic carbocycles. The molecule has 1 atom stereocenters. The number of aromatic hydroxyl groups is 1. The van der Waals surface area contributed by atoms with Gasteiger partial charge >= 0.3 is 0 Å². The summed E-state index contributed by atoms with van der Waals surface area (Å²) in [7, 11) is 1.63. The Labute approximate surface area is 175 Å². The number of benzene rings is 4. The van der Waals surface area contributed by atoms with E-state index in [1.54, 1.807) is 19.2 Å². The van der Waals surface area contributed by atoms with Gasteiger partial charge in [-0.25, -0.2) is 0 Å². The number of carbonyl (C=O) groups excluding carboxylic acids is 1. The summed E-state index contributed by atoms with van der Waals surface area (Å²) < 4.78 is 5.18. The minimum Gasteiger partial charge on any atom is -0.508 e. The minimum atomic E-state index is -0.504. The first-order valence-corrected chi connectivity index (χ1v) is 9.81. The van der Waals surface area contributed by atoms with E-state index in [0.717, 1.165) is 21.9 Å². The molecule has 0 bridgehead atoms. The van der Waals surface area contributed by atoms with Crippen LogP contribution in [0.15, 0.2) is 91.0 Å². The summed E-state index contributed by atoms with van der Waals surface area (Å²) in [4.78, 5) is 13.2. The van der Waals surface area contributed by atoms with Crippen molar-refractivity contribution in [2.24, 2.45) is 0 Å². The van der Waals surface area contributed by atoms with Crippen LogP contribution in [0.25, 0.3) is 10.8 Å². The summed E-state index contributed by atoms with van der Waals surface area (Å²) in [6.45, 7) is 0.438. The van der Waals surface area contributed by atoms with Crippen LogP contribution in [0.3, 0.4) is 0 Å². The van der Waals surface area contributed by atoms with Crippen LogP contribution in [0.4, 0.5) is 0 Å². The van der Waals surface area contributed by atoms with E-state index >= 15 is 0 Å². The summed E-state index contributed by atoms with van der Waals surface area (Å²) >= 11 is 0. The number of fused-ring (bicyclic) bond motifs is 1. The van der Waals surface area contributed by atoms with Gasteiger partial charge in [0.1, 0.15) is 5.75 Å². The van der Waals surface area contributed by atoms with E-state index in [0.29, 0.717) is 17.7 Å². The lowest BCUT2D eigenvalue weighted by atomic mass is 9.92. The normalized spacial score (nSPS) is 11.9. The Morgan fingerprint density at radius 2 is 1.70 bits per heavy atom. The van der Waals surface area contributed by atoms with Crippen LogP contribution in [-0.2, 0) is 11.3 Å². The highest BCUT2D eigenvalue weighted by Gasteiger charge is 2.23. The van der Waals surface area contributed by atoms with Crippen molar-refractivity contribution in [2.75, 3.05) is 7.11 Å². The van der Waals surface area contributed by atoms with Gasteiger partial charge in [-0.2, -0.15) is 0 Å². The molecule has 4 nitrogen and oxygen atoms in total. The fraction of sp³-hybridized carbons (Fsp3) is 0.115. The number of ether oxygens (including phenoxy) is 1. The fourth-order valence-corrected chi connectivity index (χ4v) is 3.74. The molecule has 150 valence electrons. The number of rotatable bonds is 6. The number of phenols is 1. The van der Waals surface area contributed by atoms with Crippen molar-refractivity contribution < 1.29 is 14.6 Å². The summed E-state index contributed by atoms with van der Waals surface area (Å²) in [6.07, 6.45) is 0. The maximum Gasteiger partial charge on any atom is 0.252 e. The molecule has 1 amide bonds. The first-order valence-electron chi connectivity index (χ1n) is 9.81. The van der Waals surface area contributed by atoms with Crippen LogP contribution in [0.2, 0.25) is 0 Å². The highest BCUT2D eigenvalue weighted by molar-refractivity contribution is 5.96. The van der Waals surface area contributed by atoms with E-state index in [4.69, 9.17) is 4.74 Å². The van der Waals surface area contributed by atoms with Gasteiger partial charge in [-0.15, -0.1) is 0 Å². The highest BCUT2D eigenvalue weighted by Crippen LogP contribution is 2.36. The number of amides is 1. The lowest BCUT2D eigenvalue weighted by Gasteiger charge is -2.23. The predicted octanol–water partition coefficient (Wildman–Crippen LogP) is 5.21. The molecule has 4 aromatic carbocycles. The van der Waals surface area contributed by atoms with Gasteiger partial charge in [0.15, 0.2) is 0 Å². The van der Waals surface area contributed by atoms with Crippen molar-refractivity contribution in [2.45, 2.75) is 12.6 Å². The van der Waals surface area contributed by atoms with Crippen LogP contribution in [0, 0.1) is 0 Å². The average Bonchev–Trinajstić information content (AvgIpc) is 2.79. The molecule has 0 fully saturated rings. The third kappa shape index (κ3) is 4.04. The second-order valence-corrected chi connectivity index (χ2v) is 7.17. The number of carbonyl (C=O) groups is 1. The molecule has 0 spiro atoms. The van der Waals surface area contributed by atoms with Crippen LogP contribution < -0.4 is 5.32 Å². The molecule has 0 radical (unpaired) electrons. The Balaban J connectivity index is 1.79. The van der Waals surface area contributed by atoms with Gasteiger partial charge in [0.25, 0.3) is 5.91 Å². The number of phenolic OH excluding ortho intramolecular Hbond substituents is 1. The predicted molar refractivity (Wildman–Crippen MR) is 119 cm³/mol. The van der Waals surface area contributed by atoms with E-state index in [2.05, 4.69) is 5.32 Å². The van der Waals surface area contributed by atoms with E-state index in [9.17, 15) is 9.90 Å². The lowest BCUT2D eigenvalue weighted by molar-refractivity contribution is 0.0942. The van der Waals surface area contributed by atoms with Crippen LogP contribution >= 0.6 is 0 Å². The molecule has 30 heavy (non-hydrogen) atoms. The van der Waals surface area contributed by atoms with Gasteiger partial charge in [0.05, 0.1) is 12.6 Å². The molecule has 2 N–H and O–H groups in total. The van der Waals surface area contributed by atoms with E-state index in [-0.39, 0.29) is 11.7 Å². The van der Waals surface area contributed by atoms with Gasteiger partial charge in [-0.05, 0) is 40.1 Å². The Kier molecular flexibility index (Phi) is 5.77. The quantitative estimate of drug-likeness (QED) is 0.469. The smallest absolute Gasteiger partial charge is 0.252 e. The summed E-state index contributed by atoms with van der Waals surface area (Å²) in [5.41, 5.74) is 3.05. The topological polar surface area (TPSA) is 58.6 Å². The Hall–Kier alpha value is -3.63. The Bertz CT molecular complexity index is 1170. The summed E-state index contributed by atoms with van der Waals surface area (Å²) in [6, 6.07) is 28.0. The maximum atomic E-state index is 13.2. The molecule has 4 aromatic rings. The molecule has 4 rings (SSSR count). The minimum absolute atomic E-state index is 0.149. The number of hydrogen-bond donors (Lipinski definition) is 2. The zero-order valence-electron chi connectivity index (χ0n) is 16.7. The first-order chi connectivity index (χ1) is 14.7. The zero-order valence-corrected chi connectivity index (χ0v) is 16.7. The molecule has 0 heterocycles. The second-order valence-electron chi connectivity index (χ2n) is 7.17. The molecule has 0 saturated carbocycles. The average molecular weight is 397 g/mol. The number of methoxy groups -OCH3 is 1. The van der Waals surface area contributed by atoms with Gasteiger partial charge in [0.2, 0.25) is 0 Å². The lowest BCUT2D eigenvalue weighted by Crippen LogP contribution is -2.29. The van der Waals surface area contributed by atoms with Crippen molar-refractivity contribution in [3.63, 3.8) is 0 Å². The Morgan fingerprint density at radius 3 is 2.50 bits per heavy atom. The standard InChI is InChI=1S/C26H23NO3/c1-30-17-18-8-7-12-21(16-18)26(29)27-25(20-10-3-2-4-11-20)24-22-13-6-5-9-19(22)14-15-23(24)28/h2-16,25,28H,17H2,1H3,(H,27,29)/t25-/m0/s1. The van der Waals surface area contributed by atoms with Gasteiger partial charge in [-0.3, -0.25) is 4.79 Å². The molecule has 0 aliphatic rings. The van der Waals surface area contributed by atoms with Crippen molar-refractivity contribution in [3.05, 3.63) is 113 Å². The number of nitrogens with one attached hydrogen (secondary N) is 1. The van der Waals surface area contributed by atoms with Crippen molar-refractivity contribution >= 4 is 16.7 Å². The third-order valence-electron chi connectivity index (χ3n) is 5.14. The summed E-state index contributed by atoms with van der Waals surface area (Å²) in [5.74, 6) is -0.0647. The number of hydrogen-bond acceptors (Lipinski definition) is 3. The molecular weight excluding hydrogens is 374 g/mol. The van der Waals surface area contributed by atoms with E-state index in [1.165, 1.54) is 0 Å². The Morgan fingerprint density at radius 1 is 0.933 bits per heavy atom. The van der Waals surface area contributed by atoms with Gasteiger partial charge in [0, 0.05) is 18.2 Å². The molecule has 0 aromatic heterocycles. The zero-order chi connectivity index (χ0) is 20.9. The third-order valence-corrected chi connectivity index (χ3v) is 5.14. The molecule has 0 unspecified atom stereocenters. The van der Waals surface area contributed by atoms with Gasteiger partial charge in [-0.1, -0.05) is 72.8 Å².